The summed E-state index contributed by atoms with van der Waals surface area (Å²) in [5, 5.41) is 11.8. The first-order chi connectivity index (χ1) is 11.4. The van der Waals surface area contributed by atoms with Crippen LogP contribution in [-0.2, 0) is 9.53 Å². The molecule has 0 unspecified atom stereocenters. The first-order valence-electron chi connectivity index (χ1n) is 7.13. The number of amides is 1. The van der Waals surface area contributed by atoms with Gasteiger partial charge in [-0.15, -0.1) is 0 Å². The average Bonchev–Trinajstić information content (AvgIpc) is 2.94. The van der Waals surface area contributed by atoms with Gasteiger partial charge in [0, 0.05) is 11.8 Å². The Labute approximate surface area is 139 Å². The molecular weight excluding hydrogens is 308 g/mol. The van der Waals surface area contributed by atoms with E-state index in [2.05, 4.69) is 10.1 Å². The van der Waals surface area contributed by atoms with Gasteiger partial charge in [-0.25, -0.2) is 4.79 Å². The van der Waals surface area contributed by atoms with Crippen molar-refractivity contribution in [3.8, 4) is 6.07 Å². The van der Waals surface area contributed by atoms with E-state index in [0.29, 0.717) is 11.4 Å². The molecule has 0 aliphatic heterocycles. The monoisotopic (exact) mass is 324 g/mol. The Hall–Kier alpha value is -3.33. The summed E-state index contributed by atoms with van der Waals surface area (Å²) in [7, 11) is 1.26. The minimum absolute atomic E-state index is 0.138. The number of rotatable bonds is 4. The molecular formula is C18H16N2O4. The fraction of sp³-hybridized carbons (Fsp3) is 0.167. The molecule has 0 atom stereocenters. The molecule has 2 rings (SSSR count). The second kappa shape index (κ2) is 7.29. The molecule has 1 heterocycles. The van der Waals surface area contributed by atoms with Crippen molar-refractivity contribution in [1.82, 2.24) is 0 Å². The molecule has 0 aliphatic rings. The van der Waals surface area contributed by atoms with E-state index in [4.69, 9.17) is 4.42 Å². The fourth-order valence-electron chi connectivity index (χ4n) is 2.02. The lowest BCUT2D eigenvalue weighted by Crippen LogP contribution is -2.13. The Morgan fingerprint density at radius 1 is 1.25 bits per heavy atom. The van der Waals surface area contributed by atoms with Crippen LogP contribution in [0.15, 0.2) is 40.3 Å². The molecule has 1 amide bonds. The van der Waals surface area contributed by atoms with Gasteiger partial charge in [0.15, 0.2) is 0 Å². The van der Waals surface area contributed by atoms with E-state index in [9.17, 15) is 14.9 Å². The van der Waals surface area contributed by atoms with Crippen LogP contribution in [0.1, 0.15) is 27.4 Å². The summed E-state index contributed by atoms with van der Waals surface area (Å²) in [6, 6.07) is 10.4. The summed E-state index contributed by atoms with van der Waals surface area (Å²) in [4.78, 5) is 23.7. The van der Waals surface area contributed by atoms with Crippen LogP contribution >= 0.6 is 0 Å². The summed E-state index contributed by atoms with van der Waals surface area (Å²) in [5.74, 6) is -0.527. The third-order valence-corrected chi connectivity index (χ3v) is 3.30. The van der Waals surface area contributed by atoms with Crippen LogP contribution in [0.4, 0.5) is 5.69 Å². The van der Waals surface area contributed by atoms with Crippen molar-refractivity contribution in [1.29, 1.82) is 5.26 Å². The fourth-order valence-corrected chi connectivity index (χ4v) is 2.02. The maximum Gasteiger partial charge on any atom is 0.341 e. The molecule has 0 aliphatic carbocycles. The van der Waals surface area contributed by atoms with E-state index < -0.39 is 11.9 Å². The second-order valence-electron chi connectivity index (χ2n) is 5.10. The van der Waals surface area contributed by atoms with Gasteiger partial charge < -0.3 is 14.5 Å². The number of hydrogen-bond donors (Lipinski definition) is 1. The van der Waals surface area contributed by atoms with E-state index in [0.717, 1.165) is 5.56 Å². The number of nitrogens with zero attached hydrogens (tertiary/aromatic N) is 1. The molecule has 0 fully saturated rings. The number of carbonyl (C=O) groups is 2. The maximum atomic E-state index is 12.2. The molecule has 6 nitrogen and oxygen atoms in total. The van der Waals surface area contributed by atoms with Crippen molar-refractivity contribution in [3.05, 3.63) is 58.6 Å². The quantitative estimate of drug-likeness (QED) is 0.529. The molecule has 6 heteroatoms. The number of methoxy groups -OCH3 is 1. The standard InChI is InChI=1S/C18H16N2O4/c1-11-4-6-14(7-5-11)20-17(21)13(10-19)8-15-9-16(12(2)24-15)18(22)23-3/h4-9H,1-3H3,(H,20,21)/b13-8+. The third-order valence-electron chi connectivity index (χ3n) is 3.30. The molecule has 1 N–H and O–H groups in total. The van der Waals surface area contributed by atoms with Crippen molar-refractivity contribution in [3.63, 3.8) is 0 Å². The van der Waals surface area contributed by atoms with Crippen LogP contribution in [0, 0.1) is 25.2 Å². The van der Waals surface area contributed by atoms with E-state index in [1.165, 1.54) is 19.3 Å². The molecule has 24 heavy (non-hydrogen) atoms. The number of esters is 1. The number of aryl methyl sites for hydroxylation is 2. The Kier molecular flexibility index (Phi) is 5.17. The summed E-state index contributed by atoms with van der Waals surface area (Å²) in [6.07, 6.45) is 1.28. The van der Waals surface area contributed by atoms with Crippen molar-refractivity contribution in [2.24, 2.45) is 0 Å². The van der Waals surface area contributed by atoms with Crippen LogP contribution in [0.2, 0.25) is 0 Å². The zero-order chi connectivity index (χ0) is 17.7. The SMILES string of the molecule is COC(=O)c1cc(/C=C(\C#N)C(=O)Nc2ccc(C)cc2)oc1C. The van der Waals surface area contributed by atoms with E-state index in [1.54, 1.807) is 19.1 Å². The average molecular weight is 324 g/mol. The normalized spacial score (nSPS) is 10.8. The molecule has 1 aromatic heterocycles. The highest BCUT2D eigenvalue weighted by molar-refractivity contribution is 6.09. The lowest BCUT2D eigenvalue weighted by Gasteiger charge is -2.04. The number of benzene rings is 1. The molecule has 0 bridgehead atoms. The highest BCUT2D eigenvalue weighted by atomic mass is 16.5. The second-order valence-corrected chi connectivity index (χ2v) is 5.10. The lowest BCUT2D eigenvalue weighted by atomic mass is 10.2. The molecule has 1 aromatic carbocycles. The van der Waals surface area contributed by atoms with Crippen LogP contribution in [0.5, 0.6) is 0 Å². The number of ether oxygens (including phenoxy) is 1. The van der Waals surface area contributed by atoms with Gasteiger partial charge in [0.2, 0.25) is 0 Å². The smallest absolute Gasteiger partial charge is 0.341 e. The number of hydrogen-bond acceptors (Lipinski definition) is 5. The maximum absolute atomic E-state index is 12.2. The van der Waals surface area contributed by atoms with Crippen LogP contribution in [0.25, 0.3) is 6.08 Å². The largest absolute Gasteiger partial charge is 0.465 e. The Bertz CT molecular complexity index is 839. The van der Waals surface area contributed by atoms with Crippen LogP contribution in [0.3, 0.4) is 0 Å². The van der Waals surface area contributed by atoms with Gasteiger partial charge in [0.25, 0.3) is 5.91 Å². The number of nitrogens with one attached hydrogen (secondary N) is 1. The highest BCUT2D eigenvalue weighted by Crippen LogP contribution is 2.19. The van der Waals surface area contributed by atoms with Crippen molar-refractivity contribution < 1.29 is 18.7 Å². The van der Waals surface area contributed by atoms with Gasteiger partial charge in [0.1, 0.15) is 28.7 Å². The minimum Gasteiger partial charge on any atom is -0.465 e. The van der Waals surface area contributed by atoms with Gasteiger partial charge in [-0.3, -0.25) is 4.79 Å². The molecule has 0 spiro atoms. The Morgan fingerprint density at radius 2 is 1.92 bits per heavy atom. The molecule has 0 radical (unpaired) electrons. The van der Waals surface area contributed by atoms with Crippen LogP contribution in [-0.4, -0.2) is 19.0 Å². The van der Waals surface area contributed by atoms with Crippen LogP contribution < -0.4 is 5.32 Å². The van der Waals surface area contributed by atoms with Gasteiger partial charge in [-0.05, 0) is 32.0 Å². The molecule has 0 saturated heterocycles. The summed E-state index contributed by atoms with van der Waals surface area (Å²) in [5.41, 5.74) is 1.75. The Morgan fingerprint density at radius 3 is 2.50 bits per heavy atom. The number of anilines is 1. The predicted molar refractivity (Wildman–Crippen MR) is 88.2 cm³/mol. The first-order valence-corrected chi connectivity index (χ1v) is 7.13. The van der Waals surface area contributed by atoms with Gasteiger partial charge in [-0.2, -0.15) is 5.26 Å². The molecule has 0 saturated carbocycles. The van der Waals surface area contributed by atoms with E-state index in [1.807, 2.05) is 25.1 Å². The van der Waals surface area contributed by atoms with Gasteiger partial charge in [-0.1, -0.05) is 17.7 Å². The van der Waals surface area contributed by atoms with Gasteiger partial charge in [0.05, 0.1) is 7.11 Å². The zero-order valence-electron chi connectivity index (χ0n) is 13.5. The summed E-state index contributed by atoms with van der Waals surface area (Å²) in [6.45, 7) is 3.53. The molecule has 2 aromatic rings. The summed E-state index contributed by atoms with van der Waals surface area (Å²) >= 11 is 0. The first kappa shape index (κ1) is 17.0. The predicted octanol–water partition coefficient (Wildman–Crippen LogP) is 3.23. The third kappa shape index (κ3) is 3.90. The number of furan rings is 1. The Balaban J connectivity index is 2.22. The molecule has 122 valence electrons. The van der Waals surface area contributed by atoms with Crippen molar-refractivity contribution >= 4 is 23.6 Å². The van der Waals surface area contributed by atoms with E-state index >= 15 is 0 Å². The number of carbonyl (C=O) groups excluding carboxylic acids is 2. The van der Waals surface area contributed by atoms with E-state index in [-0.39, 0.29) is 16.9 Å². The van der Waals surface area contributed by atoms with Gasteiger partial charge >= 0.3 is 5.97 Å². The van der Waals surface area contributed by atoms with Crippen molar-refractivity contribution in [2.75, 3.05) is 12.4 Å². The number of nitriles is 1. The highest BCUT2D eigenvalue weighted by Gasteiger charge is 2.16. The lowest BCUT2D eigenvalue weighted by molar-refractivity contribution is -0.112. The topological polar surface area (TPSA) is 92.3 Å². The summed E-state index contributed by atoms with van der Waals surface area (Å²) < 4.78 is 10.0. The minimum atomic E-state index is -0.560. The van der Waals surface area contributed by atoms with Crippen molar-refractivity contribution in [2.45, 2.75) is 13.8 Å². The zero-order valence-corrected chi connectivity index (χ0v) is 13.5.